The van der Waals surface area contributed by atoms with Gasteiger partial charge in [0, 0.05) is 36.1 Å². The highest BCUT2D eigenvalue weighted by molar-refractivity contribution is 6.09. The third-order valence-corrected chi connectivity index (χ3v) is 5.62. The predicted octanol–water partition coefficient (Wildman–Crippen LogP) is 5.77. The average Bonchev–Trinajstić information content (AvgIpc) is 2.85. The number of hydrogen-bond acceptors (Lipinski definition) is 3. The summed E-state index contributed by atoms with van der Waals surface area (Å²) in [7, 11) is 0. The minimum absolute atomic E-state index is 0.0655. The molecule has 190 valence electrons. The molecule has 0 unspecified atom stereocenters. The van der Waals surface area contributed by atoms with Crippen molar-refractivity contribution in [3.8, 4) is 11.1 Å². The van der Waals surface area contributed by atoms with Gasteiger partial charge in [0.1, 0.15) is 5.70 Å². The molecule has 1 aliphatic heterocycles. The maximum atomic E-state index is 13.0. The van der Waals surface area contributed by atoms with E-state index in [1.54, 1.807) is 24.3 Å². The van der Waals surface area contributed by atoms with Crippen molar-refractivity contribution in [3.63, 3.8) is 0 Å². The van der Waals surface area contributed by atoms with Crippen LogP contribution >= 0.6 is 0 Å². The number of benzene rings is 3. The summed E-state index contributed by atoms with van der Waals surface area (Å²) in [5.41, 5.74) is 2.37. The van der Waals surface area contributed by atoms with E-state index in [2.05, 4.69) is 16.0 Å². The second kappa shape index (κ2) is 10.6. The quantitative estimate of drug-likeness (QED) is 0.409. The van der Waals surface area contributed by atoms with Gasteiger partial charge in [-0.25, -0.2) is 4.79 Å². The standard InChI is InChI=1S/C27H23F3N4O3/c1-17(35)31-23-6-3-2-5-22(23)18-8-14-21(15-9-18)34-16-4-7-24(25(34)36)33-26(37)32-20-12-10-19(11-13-20)27(28,29)30/h2-3,5-15H,4,16H2,1H3,(H,31,35)(H2,32,33,37). The molecule has 0 radical (unpaired) electrons. The van der Waals surface area contributed by atoms with Gasteiger partial charge in [-0.1, -0.05) is 36.4 Å². The first-order chi connectivity index (χ1) is 17.6. The lowest BCUT2D eigenvalue weighted by Gasteiger charge is -2.27. The van der Waals surface area contributed by atoms with Gasteiger partial charge in [-0.15, -0.1) is 0 Å². The SMILES string of the molecule is CC(=O)Nc1ccccc1-c1ccc(N2CCC=C(NC(=O)Nc3ccc(C(F)(F)F)cc3)C2=O)cc1. The zero-order valence-electron chi connectivity index (χ0n) is 19.7. The summed E-state index contributed by atoms with van der Waals surface area (Å²) in [6.45, 7) is 1.84. The zero-order valence-corrected chi connectivity index (χ0v) is 19.7. The van der Waals surface area contributed by atoms with E-state index in [4.69, 9.17) is 0 Å². The summed E-state index contributed by atoms with van der Waals surface area (Å²) in [5, 5.41) is 7.71. The molecule has 0 fully saturated rings. The van der Waals surface area contributed by atoms with Crippen LogP contribution < -0.4 is 20.9 Å². The Morgan fingerprint density at radius 1 is 0.865 bits per heavy atom. The van der Waals surface area contributed by atoms with Crippen molar-refractivity contribution in [2.45, 2.75) is 19.5 Å². The van der Waals surface area contributed by atoms with Crippen LogP contribution in [0, 0.1) is 0 Å². The van der Waals surface area contributed by atoms with Crippen molar-refractivity contribution >= 4 is 34.9 Å². The van der Waals surface area contributed by atoms with E-state index in [9.17, 15) is 27.6 Å². The lowest BCUT2D eigenvalue weighted by Crippen LogP contribution is -2.42. The topological polar surface area (TPSA) is 90.5 Å². The molecule has 0 aliphatic carbocycles. The fraction of sp³-hybridized carbons (Fsp3) is 0.148. The van der Waals surface area contributed by atoms with Gasteiger partial charge in [0.15, 0.2) is 0 Å². The van der Waals surface area contributed by atoms with Crippen molar-refractivity contribution in [2.24, 2.45) is 0 Å². The Bertz CT molecular complexity index is 1350. The van der Waals surface area contributed by atoms with E-state index in [0.29, 0.717) is 24.3 Å². The second-order valence-corrected chi connectivity index (χ2v) is 8.29. The smallest absolute Gasteiger partial charge is 0.326 e. The molecule has 10 heteroatoms. The van der Waals surface area contributed by atoms with Crippen LogP contribution in [0.15, 0.2) is 84.6 Å². The minimum Gasteiger partial charge on any atom is -0.326 e. The van der Waals surface area contributed by atoms with Crippen molar-refractivity contribution in [2.75, 3.05) is 22.1 Å². The molecule has 0 atom stereocenters. The maximum absolute atomic E-state index is 13.0. The third kappa shape index (κ3) is 6.16. The second-order valence-electron chi connectivity index (χ2n) is 8.29. The largest absolute Gasteiger partial charge is 0.416 e. The molecule has 0 aromatic heterocycles. The average molecular weight is 509 g/mol. The molecule has 3 N–H and O–H groups in total. The van der Waals surface area contributed by atoms with Crippen molar-refractivity contribution in [1.29, 1.82) is 0 Å². The predicted molar refractivity (Wildman–Crippen MR) is 135 cm³/mol. The lowest BCUT2D eigenvalue weighted by molar-refractivity contribution is -0.137. The number of hydrogen-bond donors (Lipinski definition) is 3. The molecule has 1 heterocycles. The molecule has 0 saturated heterocycles. The highest BCUT2D eigenvalue weighted by Crippen LogP contribution is 2.31. The Morgan fingerprint density at radius 2 is 1.54 bits per heavy atom. The summed E-state index contributed by atoms with van der Waals surface area (Å²) in [6, 6.07) is 17.9. The Kier molecular flexibility index (Phi) is 7.28. The maximum Gasteiger partial charge on any atom is 0.416 e. The van der Waals surface area contributed by atoms with Gasteiger partial charge in [-0.05, 0) is 54.4 Å². The van der Waals surface area contributed by atoms with Crippen molar-refractivity contribution in [3.05, 3.63) is 90.1 Å². The molecule has 0 bridgehead atoms. The van der Waals surface area contributed by atoms with E-state index in [0.717, 1.165) is 35.4 Å². The number of anilines is 3. The molecule has 0 saturated carbocycles. The van der Waals surface area contributed by atoms with E-state index in [1.807, 2.05) is 30.3 Å². The van der Waals surface area contributed by atoms with Gasteiger partial charge >= 0.3 is 12.2 Å². The highest BCUT2D eigenvalue weighted by Gasteiger charge is 2.30. The van der Waals surface area contributed by atoms with Crippen LogP contribution in [-0.4, -0.2) is 24.4 Å². The van der Waals surface area contributed by atoms with Crippen LogP contribution in [-0.2, 0) is 15.8 Å². The number of halogens is 3. The van der Waals surface area contributed by atoms with Gasteiger partial charge in [-0.3, -0.25) is 9.59 Å². The highest BCUT2D eigenvalue weighted by atomic mass is 19.4. The summed E-state index contributed by atoms with van der Waals surface area (Å²) >= 11 is 0. The van der Waals surface area contributed by atoms with Crippen LogP contribution in [0.2, 0.25) is 0 Å². The molecule has 37 heavy (non-hydrogen) atoms. The summed E-state index contributed by atoms with van der Waals surface area (Å²) in [5.74, 6) is -0.600. The molecule has 3 aromatic carbocycles. The number of urea groups is 1. The third-order valence-electron chi connectivity index (χ3n) is 5.62. The number of para-hydroxylation sites is 1. The van der Waals surface area contributed by atoms with Crippen LogP contribution in [0.1, 0.15) is 18.9 Å². The van der Waals surface area contributed by atoms with Gasteiger partial charge in [0.25, 0.3) is 5.91 Å². The van der Waals surface area contributed by atoms with Gasteiger partial charge in [0.05, 0.1) is 5.56 Å². The first kappa shape index (κ1) is 25.5. The fourth-order valence-electron chi connectivity index (χ4n) is 3.90. The molecule has 4 rings (SSSR count). The van der Waals surface area contributed by atoms with Crippen molar-refractivity contribution < 1.29 is 27.6 Å². The monoisotopic (exact) mass is 508 g/mol. The van der Waals surface area contributed by atoms with Crippen LogP contribution in [0.3, 0.4) is 0 Å². The van der Waals surface area contributed by atoms with Gasteiger partial charge < -0.3 is 20.9 Å². The summed E-state index contributed by atoms with van der Waals surface area (Å²) in [4.78, 5) is 38.5. The Morgan fingerprint density at radius 3 is 2.19 bits per heavy atom. The van der Waals surface area contributed by atoms with E-state index in [-0.39, 0.29) is 17.3 Å². The zero-order chi connectivity index (χ0) is 26.6. The number of amides is 4. The summed E-state index contributed by atoms with van der Waals surface area (Å²) in [6.07, 6.45) is -2.38. The molecular formula is C27H23F3N4O3. The van der Waals surface area contributed by atoms with E-state index >= 15 is 0 Å². The number of nitrogens with zero attached hydrogens (tertiary/aromatic N) is 1. The number of carbonyl (C=O) groups is 3. The minimum atomic E-state index is -4.48. The first-order valence-electron chi connectivity index (χ1n) is 11.4. The molecule has 0 spiro atoms. The number of carbonyl (C=O) groups excluding carboxylic acids is 3. The molecule has 3 aromatic rings. The molecule has 7 nitrogen and oxygen atoms in total. The Balaban J connectivity index is 1.42. The number of alkyl halides is 3. The number of nitrogens with one attached hydrogen (secondary N) is 3. The Hall–Kier alpha value is -4.60. The van der Waals surface area contributed by atoms with E-state index < -0.39 is 23.7 Å². The first-order valence-corrected chi connectivity index (χ1v) is 11.4. The van der Waals surface area contributed by atoms with Gasteiger partial charge in [-0.2, -0.15) is 13.2 Å². The van der Waals surface area contributed by atoms with Gasteiger partial charge in [0.2, 0.25) is 5.91 Å². The van der Waals surface area contributed by atoms with Crippen LogP contribution in [0.4, 0.5) is 35.0 Å². The van der Waals surface area contributed by atoms with Crippen LogP contribution in [0.25, 0.3) is 11.1 Å². The summed E-state index contributed by atoms with van der Waals surface area (Å²) < 4.78 is 38.2. The number of rotatable bonds is 5. The molecular weight excluding hydrogens is 485 g/mol. The van der Waals surface area contributed by atoms with Crippen LogP contribution in [0.5, 0.6) is 0 Å². The molecule has 4 amide bonds. The Labute approximate surface area is 211 Å². The lowest BCUT2D eigenvalue weighted by atomic mass is 10.0. The molecule has 1 aliphatic rings. The normalized spacial score (nSPS) is 13.6. The van der Waals surface area contributed by atoms with E-state index in [1.165, 1.54) is 11.8 Å². The van der Waals surface area contributed by atoms with Crippen molar-refractivity contribution in [1.82, 2.24) is 5.32 Å². The fourth-order valence-corrected chi connectivity index (χ4v) is 3.90.